The smallest absolute Gasteiger partial charge is 0.324 e. The second kappa shape index (κ2) is 8.17. The number of nitrogens with zero attached hydrogens (tertiary/aromatic N) is 5. The van der Waals surface area contributed by atoms with Crippen LogP contribution in [-0.2, 0) is 16.6 Å². The van der Waals surface area contributed by atoms with Gasteiger partial charge in [-0.15, -0.1) is 0 Å². The Morgan fingerprint density at radius 2 is 2.35 bits per heavy atom. The van der Waals surface area contributed by atoms with E-state index in [9.17, 15) is 9.59 Å². The molecule has 0 aliphatic carbocycles. The monoisotopic (exact) mass is 363 g/mol. The number of hydrogen-bond acceptors (Lipinski definition) is 5. The van der Waals surface area contributed by atoms with Crippen LogP contribution in [0.3, 0.4) is 0 Å². The van der Waals surface area contributed by atoms with E-state index in [0.717, 1.165) is 24.6 Å². The Balaban J connectivity index is 1.62. The number of morpholine rings is 1. The molecule has 10 heteroatoms. The zero-order valence-corrected chi connectivity index (χ0v) is 15.1. The highest BCUT2D eigenvalue weighted by molar-refractivity contribution is 6.01. The van der Waals surface area contributed by atoms with Gasteiger partial charge >= 0.3 is 6.03 Å². The summed E-state index contributed by atoms with van der Waals surface area (Å²) in [6.45, 7) is 5.43. The summed E-state index contributed by atoms with van der Waals surface area (Å²) in [4.78, 5) is 31.1. The third-order valence-electron chi connectivity index (χ3n) is 4.32. The van der Waals surface area contributed by atoms with Gasteiger partial charge in [-0.2, -0.15) is 5.10 Å². The first kappa shape index (κ1) is 18.2. The van der Waals surface area contributed by atoms with Gasteiger partial charge in [-0.3, -0.25) is 19.4 Å². The van der Waals surface area contributed by atoms with E-state index in [-0.39, 0.29) is 31.1 Å². The molecule has 26 heavy (non-hydrogen) atoms. The molecule has 1 atom stereocenters. The van der Waals surface area contributed by atoms with E-state index >= 15 is 0 Å². The Morgan fingerprint density at radius 3 is 3.00 bits per heavy atom. The van der Waals surface area contributed by atoms with Gasteiger partial charge in [0.2, 0.25) is 5.91 Å². The van der Waals surface area contributed by atoms with Gasteiger partial charge in [0.05, 0.1) is 39.0 Å². The summed E-state index contributed by atoms with van der Waals surface area (Å²) in [6.07, 6.45) is 3.71. The number of aryl methyl sites for hydroxylation is 1. The number of urea groups is 1. The number of aliphatic imine (C=N–C) groups is 1. The lowest BCUT2D eigenvalue weighted by Gasteiger charge is -2.34. The molecule has 2 N–H and O–H groups in total. The number of hydrogen-bond donors (Lipinski definition) is 2. The highest BCUT2D eigenvalue weighted by atomic mass is 16.5. The molecule has 10 nitrogen and oxygen atoms in total. The van der Waals surface area contributed by atoms with Gasteiger partial charge in [0.25, 0.3) is 0 Å². The van der Waals surface area contributed by atoms with Crippen LogP contribution in [-0.4, -0.2) is 83.4 Å². The fourth-order valence-electron chi connectivity index (χ4n) is 3.01. The van der Waals surface area contributed by atoms with Gasteiger partial charge in [-0.25, -0.2) is 4.79 Å². The predicted octanol–water partition coefficient (Wildman–Crippen LogP) is -0.689. The van der Waals surface area contributed by atoms with Crippen LogP contribution < -0.4 is 10.6 Å². The summed E-state index contributed by atoms with van der Waals surface area (Å²) in [5.41, 5.74) is 1.03. The van der Waals surface area contributed by atoms with Gasteiger partial charge in [0.1, 0.15) is 6.10 Å². The van der Waals surface area contributed by atoms with Crippen molar-refractivity contribution < 1.29 is 14.3 Å². The molecule has 142 valence electrons. The quantitative estimate of drug-likeness (QED) is 0.408. The Hall–Kier alpha value is -2.62. The molecular formula is C16H25N7O3. The van der Waals surface area contributed by atoms with Crippen molar-refractivity contribution in [3.63, 3.8) is 0 Å². The first-order chi connectivity index (χ1) is 12.6. The number of imide groups is 1. The lowest BCUT2D eigenvalue weighted by atomic mass is 10.1. The van der Waals surface area contributed by atoms with Crippen molar-refractivity contribution in [2.45, 2.75) is 13.0 Å². The van der Waals surface area contributed by atoms with Gasteiger partial charge in [-0.1, -0.05) is 0 Å². The van der Waals surface area contributed by atoms with Gasteiger partial charge < -0.3 is 20.3 Å². The van der Waals surface area contributed by atoms with Crippen molar-refractivity contribution in [1.29, 1.82) is 0 Å². The highest BCUT2D eigenvalue weighted by Crippen LogP contribution is 2.21. The lowest BCUT2D eigenvalue weighted by Crippen LogP contribution is -2.48. The second-order valence-corrected chi connectivity index (χ2v) is 6.19. The average Bonchev–Trinajstić information content (AvgIpc) is 3.21. The Labute approximate surface area is 152 Å². The van der Waals surface area contributed by atoms with Crippen molar-refractivity contribution in [3.8, 4) is 0 Å². The molecular weight excluding hydrogens is 338 g/mol. The molecule has 1 aromatic heterocycles. The molecule has 3 amide bonds. The molecule has 0 radical (unpaired) electrons. The summed E-state index contributed by atoms with van der Waals surface area (Å²) in [5, 5.41) is 9.99. The van der Waals surface area contributed by atoms with Crippen molar-refractivity contribution >= 4 is 17.9 Å². The summed E-state index contributed by atoms with van der Waals surface area (Å²) in [6, 6.07) is -0.349. The van der Waals surface area contributed by atoms with Crippen LogP contribution in [0.15, 0.2) is 17.4 Å². The number of amides is 3. The first-order valence-corrected chi connectivity index (χ1v) is 8.80. The number of carbonyl (C=O) groups excluding carboxylic acids is 2. The van der Waals surface area contributed by atoms with Crippen LogP contribution in [0.5, 0.6) is 0 Å². The summed E-state index contributed by atoms with van der Waals surface area (Å²) in [5.74, 6) is 0.551. The Bertz CT molecular complexity index is 671. The van der Waals surface area contributed by atoms with Crippen molar-refractivity contribution in [3.05, 3.63) is 18.0 Å². The molecule has 3 heterocycles. The minimum atomic E-state index is -0.349. The molecule has 0 bridgehead atoms. The van der Waals surface area contributed by atoms with E-state index in [1.54, 1.807) is 4.68 Å². The maximum absolute atomic E-state index is 11.6. The molecule has 2 aliphatic rings. The zero-order valence-electron chi connectivity index (χ0n) is 15.1. The molecule has 1 unspecified atom stereocenters. The van der Waals surface area contributed by atoms with Crippen LogP contribution >= 0.6 is 0 Å². The maximum Gasteiger partial charge on any atom is 0.324 e. The molecule has 2 saturated heterocycles. The highest BCUT2D eigenvalue weighted by Gasteiger charge is 2.28. The fourth-order valence-corrected chi connectivity index (χ4v) is 3.01. The van der Waals surface area contributed by atoms with E-state index < -0.39 is 0 Å². The first-order valence-electron chi connectivity index (χ1n) is 8.80. The number of ether oxygens (including phenoxy) is 1. The third kappa shape index (κ3) is 4.13. The van der Waals surface area contributed by atoms with Crippen LogP contribution in [0.2, 0.25) is 0 Å². The van der Waals surface area contributed by atoms with Crippen molar-refractivity contribution in [2.75, 3.05) is 45.9 Å². The Kier molecular flexibility index (Phi) is 5.71. The summed E-state index contributed by atoms with van der Waals surface area (Å²) < 4.78 is 7.63. The number of guanidine groups is 1. The summed E-state index contributed by atoms with van der Waals surface area (Å²) >= 11 is 0. The minimum Gasteiger partial charge on any atom is -0.370 e. The van der Waals surface area contributed by atoms with Gasteiger partial charge in [-0.05, 0) is 6.92 Å². The van der Waals surface area contributed by atoms with E-state index in [1.165, 1.54) is 4.90 Å². The maximum atomic E-state index is 11.6. The molecule has 0 aromatic carbocycles. The number of carbonyl (C=O) groups is 2. The molecule has 0 saturated carbocycles. The van der Waals surface area contributed by atoms with E-state index in [0.29, 0.717) is 19.7 Å². The van der Waals surface area contributed by atoms with E-state index in [4.69, 9.17) is 4.74 Å². The normalized spacial score (nSPS) is 21.3. The molecule has 3 rings (SSSR count). The topological polar surface area (TPSA) is 104 Å². The van der Waals surface area contributed by atoms with Crippen molar-refractivity contribution in [1.82, 2.24) is 30.2 Å². The predicted molar refractivity (Wildman–Crippen MR) is 94.6 cm³/mol. The molecule has 2 fully saturated rings. The number of nitrogens with one attached hydrogen (secondary N) is 2. The van der Waals surface area contributed by atoms with E-state index in [1.807, 2.05) is 26.4 Å². The minimum absolute atomic E-state index is 0.0627. The van der Waals surface area contributed by atoms with Gasteiger partial charge in [0, 0.05) is 31.9 Å². The van der Waals surface area contributed by atoms with Gasteiger partial charge in [0.15, 0.2) is 5.96 Å². The zero-order chi connectivity index (χ0) is 18.5. The average molecular weight is 363 g/mol. The van der Waals surface area contributed by atoms with Crippen LogP contribution in [0.1, 0.15) is 18.6 Å². The lowest BCUT2D eigenvalue weighted by molar-refractivity contribution is -0.124. The van der Waals surface area contributed by atoms with Crippen molar-refractivity contribution in [2.24, 2.45) is 12.0 Å². The van der Waals surface area contributed by atoms with Crippen LogP contribution in [0.25, 0.3) is 0 Å². The third-order valence-corrected chi connectivity index (χ3v) is 4.32. The number of rotatable bonds is 5. The molecule has 1 aromatic rings. The standard InChI is InChI=1S/C16H25N7O3/c1-3-17-15(18-4-5-23-14(24)9-19-16(23)25)22-6-7-26-13(11-22)12-8-20-21(2)10-12/h8,10,13H,3-7,9,11H2,1-2H3,(H,17,18)(H,19,25). The second-order valence-electron chi connectivity index (χ2n) is 6.19. The fraction of sp³-hybridized carbons (Fsp3) is 0.625. The number of aromatic nitrogens is 2. The van der Waals surface area contributed by atoms with Crippen LogP contribution in [0, 0.1) is 0 Å². The Morgan fingerprint density at radius 1 is 1.50 bits per heavy atom. The van der Waals surface area contributed by atoms with E-state index in [2.05, 4.69) is 25.6 Å². The molecule has 2 aliphatic heterocycles. The molecule has 0 spiro atoms. The summed E-state index contributed by atoms with van der Waals surface area (Å²) in [7, 11) is 1.88. The van der Waals surface area contributed by atoms with Crippen LogP contribution in [0.4, 0.5) is 4.79 Å². The SMILES string of the molecule is CCNC(=NCCN1C(=O)CNC1=O)N1CCOC(c2cnn(C)c2)C1. The largest absolute Gasteiger partial charge is 0.370 e.